The van der Waals surface area contributed by atoms with Gasteiger partial charge in [0.05, 0.1) is 26.9 Å². The third kappa shape index (κ3) is 5.11. The van der Waals surface area contributed by atoms with Gasteiger partial charge in [-0.05, 0) is 41.5 Å². The summed E-state index contributed by atoms with van der Waals surface area (Å²) in [6.07, 6.45) is 2.96. The molecule has 0 saturated carbocycles. The molecule has 0 aliphatic rings. The summed E-state index contributed by atoms with van der Waals surface area (Å²) < 4.78 is 20.3. The Morgan fingerprint density at radius 1 is 0.923 bits per heavy atom. The average molecular weight is 356 g/mol. The molecule has 0 aliphatic heterocycles. The van der Waals surface area contributed by atoms with Crippen LogP contribution >= 0.6 is 0 Å². The van der Waals surface area contributed by atoms with Gasteiger partial charge in [0.1, 0.15) is 6.61 Å². The number of ether oxygens (including phenoxy) is 4. The van der Waals surface area contributed by atoms with Crippen LogP contribution in [0.2, 0.25) is 0 Å². The molecule has 136 valence electrons. The van der Waals surface area contributed by atoms with E-state index in [4.69, 9.17) is 9.47 Å². The summed E-state index contributed by atoms with van der Waals surface area (Å²) in [4.78, 5) is 22.6. The molecule has 0 fully saturated rings. The van der Waals surface area contributed by atoms with E-state index in [1.165, 1.54) is 20.3 Å². The van der Waals surface area contributed by atoms with Crippen LogP contribution in [0.5, 0.6) is 11.5 Å². The first kappa shape index (κ1) is 19.1. The first-order valence-corrected chi connectivity index (χ1v) is 7.81. The topological polar surface area (TPSA) is 71.1 Å². The van der Waals surface area contributed by atoms with E-state index in [9.17, 15) is 9.59 Å². The molecule has 0 amide bonds. The largest absolute Gasteiger partial charge is 0.493 e. The molecule has 0 aromatic heterocycles. The van der Waals surface area contributed by atoms with Gasteiger partial charge in [-0.3, -0.25) is 0 Å². The lowest BCUT2D eigenvalue weighted by atomic mass is 10.1. The maximum absolute atomic E-state index is 11.4. The van der Waals surface area contributed by atoms with Crippen LogP contribution in [0.15, 0.2) is 48.5 Å². The first-order valence-electron chi connectivity index (χ1n) is 7.81. The number of rotatable bonds is 7. The standard InChI is InChI=1S/C20H20O6/c1-23-18-12-14(7-11-19(21)24-2)6-10-17(18)26-13-15-4-8-16(9-5-15)20(22)25-3/h4-12H,13H2,1-3H3/b11-7+. The summed E-state index contributed by atoms with van der Waals surface area (Å²) in [6, 6.07) is 12.3. The number of carbonyl (C=O) groups excluding carboxylic acids is 2. The zero-order valence-corrected chi connectivity index (χ0v) is 14.9. The minimum absolute atomic E-state index is 0.315. The molecule has 0 bridgehead atoms. The smallest absolute Gasteiger partial charge is 0.337 e. The fourth-order valence-corrected chi connectivity index (χ4v) is 2.16. The third-order valence-electron chi connectivity index (χ3n) is 3.57. The number of hydrogen-bond donors (Lipinski definition) is 0. The summed E-state index contributed by atoms with van der Waals surface area (Å²) in [5.74, 6) is 0.303. The predicted molar refractivity (Wildman–Crippen MR) is 96.2 cm³/mol. The Morgan fingerprint density at radius 3 is 2.27 bits per heavy atom. The highest BCUT2D eigenvalue weighted by molar-refractivity contribution is 5.89. The fourth-order valence-electron chi connectivity index (χ4n) is 2.16. The van der Waals surface area contributed by atoms with Crippen LogP contribution in [0.3, 0.4) is 0 Å². The lowest BCUT2D eigenvalue weighted by Gasteiger charge is -2.11. The molecule has 0 heterocycles. The van der Waals surface area contributed by atoms with Gasteiger partial charge in [0.25, 0.3) is 0 Å². The van der Waals surface area contributed by atoms with Crippen LogP contribution in [0.1, 0.15) is 21.5 Å². The summed E-state index contributed by atoms with van der Waals surface area (Å²) in [6.45, 7) is 0.315. The average Bonchev–Trinajstić information content (AvgIpc) is 2.70. The van der Waals surface area contributed by atoms with E-state index in [1.807, 2.05) is 0 Å². The molecule has 0 saturated heterocycles. The van der Waals surface area contributed by atoms with Crippen LogP contribution in [0.25, 0.3) is 6.08 Å². The van der Waals surface area contributed by atoms with Crippen molar-refractivity contribution in [3.05, 3.63) is 65.2 Å². The van der Waals surface area contributed by atoms with Gasteiger partial charge in [-0.2, -0.15) is 0 Å². The van der Waals surface area contributed by atoms with Gasteiger partial charge in [0.15, 0.2) is 11.5 Å². The Bertz CT molecular complexity index is 792. The zero-order valence-electron chi connectivity index (χ0n) is 14.9. The SMILES string of the molecule is COC(=O)/C=C/c1ccc(OCc2ccc(C(=O)OC)cc2)c(OC)c1. The molecule has 2 aromatic rings. The van der Waals surface area contributed by atoms with E-state index in [1.54, 1.807) is 55.7 Å². The second kappa shape index (κ2) is 9.27. The van der Waals surface area contributed by atoms with Crippen molar-refractivity contribution >= 4 is 18.0 Å². The monoisotopic (exact) mass is 356 g/mol. The Morgan fingerprint density at radius 2 is 1.65 bits per heavy atom. The summed E-state index contributed by atoms with van der Waals surface area (Å²) in [5.41, 5.74) is 2.16. The van der Waals surface area contributed by atoms with E-state index in [0.717, 1.165) is 11.1 Å². The quantitative estimate of drug-likeness (QED) is 0.560. The van der Waals surface area contributed by atoms with E-state index in [-0.39, 0.29) is 5.97 Å². The van der Waals surface area contributed by atoms with Crippen molar-refractivity contribution in [2.45, 2.75) is 6.61 Å². The maximum Gasteiger partial charge on any atom is 0.337 e. The molecule has 0 unspecified atom stereocenters. The predicted octanol–water partition coefficient (Wildman–Crippen LogP) is 3.25. The second-order valence-corrected chi connectivity index (χ2v) is 5.24. The molecule has 26 heavy (non-hydrogen) atoms. The minimum Gasteiger partial charge on any atom is -0.493 e. The van der Waals surface area contributed by atoms with E-state index >= 15 is 0 Å². The molecule has 6 heteroatoms. The molecule has 2 aromatic carbocycles. The van der Waals surface area contributed by atoms with Gasteiger partial charge in [-0.15, -0.1) is 0 Å². The number of esters is 2. The molecule has 0 atom stereocenters. The van der Waals surface area contributed by atoms with Crippen molar-refractivity contribution in [1.29, 1.82) is 0 Å². The van der Waals surface area contributed by atoms with Crippen molar-refractivity contribution in [3.8, 4) is 11.5 Å². The van der Waals surface area contributed by atoms with Crippen LogP contribution < -0.4 is 9.47 Å². The number of benzene rings is 2. The highest BCUT2D eigenvalue weighted by Crippen LogP contribution is 2.29. The van der Waals surface area contributed by atoms with Crippen molar-refractivity contribution < 1.29 is 28.5 Å². The van der Waals surface area contributed by atoms with Crippen molar-refractivity contribution in [1.82, 2.24) is 0 Å². The third-order valence-corrected chi connectivity index (χ3v) is 3.57. The lowest BCUT2D eigenvalue weighted by molar-refractivity contribution is -0.134. The molecule has 0 spiro atoms. The van der Waals surface area contributed by atoms with Crippen LogP contribution in [0.4, 0.5) is 0 Å². The molecule has 2 rings (SSSR count). The molecule has 6 nitrogen and oxygen atoms in total. The van der Waals surface area contributed by atoms with Crippen molar-refractivity contribution in [2.75, 3.05) is 21.3 Å². The fraction of sp³-hybridized carbons (Fsp3) is 0.200. The Balaban J connectivity index is 2.06. The summed E-state index contributed by atoms with van der Waals surface area (Å²) in [5, 5.41) is 0. The molecular formula is C20H20O6. The van der Waals surface area contributed by atoms with E-state index in [2.05, 4.69) is 9.47 Å². The van der Waals surface area contributed by atoms with Gasteiger partial charge >= 0.3 is 11.9 Å². The second-order valence-electron chi connectivity index (χ2n) is 5.24. The van der Waals surface area contributed by atoms with E-state index < -0.39 is 5.97 Å². The number of carbonyl (C=O) groups is 2. The lowest BCUT2D eigenvalue weighted by Crippen LogP contribution is -2.02. The van der Waals surface area contributed by atoms with Gasteiger partial charge in [0, 0.05) is 6.08 Å². The van der Waals surface area contributed by atoms with Crippen LogP contribution in [-0.4, -0.2) is 33.3 Å². The Kier molecular flexibility index (Phi) is 6.79. The van der Waals surface area contributed by atoms with Crippen LogP contribution in [0, 0.1) is 0 Å². The molecule has 0 aliphatic carbocycles. The Hall–Kier alpha value is -3.28. The zero-order chi connectivity index (χ0) is 18.9. The van der Waals surface area contributed by atoms with Crippen LogP contribution in [-0.2, 0) is 20.9 Å². The normalized spacial score (nSPS) is 10.4. The first-order chi connectivity index (χ1) is 12.6. The van der Waals surface area contributed by atoms with Gasteiger partial charge < -0.3 is 18.9 Å². The van der Waals surface area contributed by atoms with Gasteiger partial charge in [-0.25, -0.2) is 9.59 Å². The molecule has 0 radical (unpaired) electrons. The molecule has 0 N–H and O–H groups in total. The highest BCUT2D eigenvalue weighted by atomic mass is 16.5. The number of hydrogen-bond acceptors (Lipinski definition) is 6. The number of methoxy groups -OCH3 is 3. The van der Waals surface area contributed by atoms with E-state index in [0.29, 0.717) is 23.7 Å². The van der Waals surface area contributed by atoms with Crippen molar-refractivity contribution in [2.24, 2.45) is 0 Å². The summed E-state index contributed by atoms with van der Waals surface area (Å²) in [7, 11) is 4.21. The van der Waals surface area contributed by atoms with Gasteiger partial charge in [0.2, 0.25) is 0 Å². The molecular weight excluding hydrogens is 336 g/mol. The minimum atomic E-state index is -0.431. The Labute approximate surface area is 151 Å². The van der Waals surface area contributed by atoms with Gasteiger partial charge in [-0.1, -0.05) is 18.2 Å². The highest BCUT2D eigenvalue weighted by Gasteiger charge is 2.07. The maximum atomic E-state index is 11.4. The van der Waals surface area contributed by atoms with Crippen molar-refractivity contribution in [3.63, 3.8) is 0 Å². The summed E-state index contributed by atoms with van der Waals surface area (Å²) >= 11 is 0.